The lowest BCUT2D eigenvalue weighted by Crippen LogP contribution is -2.45. The molecule has 2 amide bonds. The van der Waals surface area contributed by atoms with Gasteiger partial charge in [0.1, 0.15) is 6.61 Å². The summed E-state index contributed by atoms with van der Waals surface area (Å²) in [5.41, 5.74) is 4.33. The quantitative estimate of drug-likeness (QED) is 0.100. The van der Waals surface area contributed by atoms with Gasteiger partial charge in [0.05, 0.1) is 47.6 Å². The Hall–Kier alpha value is -4.01. The zero-order valence-corrected chi connectivity index (χ0v) is 26.2. The van der Waals surface area contributed by atoms with Crippen LogP contribution in [0.1, 0.15) is 37.9 Å². The number of halogens is 2. The van der Waals surface area contributed by atoms with Crippen LogP contribution in [0.5, 0.6) is 17.2 Å². The first-order valence-corrected chi connectivity index (χ1v) is 14.2. The lowest BCUT2D eigenvalue weighted by Gasteiger charge is -2.28. The Labute approximate surface area is 261 Å². The Balaban J connectivity index is 1.64. The molecule has 15 heteroatoms. The zero-order valence-electron chi connectivity index (χ0n) is 23.9. The Morgan fingerprint density at radius 3 is 2.60 bits per heavy atom. The minimum atomic E-state index is -1.20. The van der Waals surface area contributed by atoms with Crippen molar-refractivity contribution in [3.63, 3.8) is 0 Å². The SMILES string of the molecule is CCOC(=O)COc1c(Cl)cc(/C=N\N[C@@H](O)COc2ccc([C@H]3NC(=O)NC(C)=C3C(=O)OC)cc2OCC)cc1Br. The fourth-order valence-corrected chi connectivity index (χ4v) is 4.93. The molecule has 2 aromatic carbocycles. The first-order valence-electron chi connectivity index (χ1n) is 13.1. The molecule has 0 spiro atoms. The average molecular weight is 684 g/mol. The summed E-state index contributed by atoms with van der Waals surface area (Å²) in [4.78, 5) is 36.1. The maximum Gasteiger partial charge on any atom is 0.344 e. The minimum absolute atomic E-state index is 0.196. The number of hydrogen-bond acceptors (Lipinski definition) is 11. The van der Waals surface area contributed by atoms with E-state index in [1.54, 1.807) is 51.1 Å². The van der Waals surface area contributed by atoms with E-state index in [0.29, 0.717) is 39.4 Å². The number of carbonyl (C=O) groups excluding carboxylic acids is 3. The summed E-state index contributed by atoms with van der Waals surface area (Å²) in [5, 5.41) is 19.9. The highest BCUT2D eigenvalue weighted by molar-refractivity contribution is 9.10. The third-order valence-electron chi connectivity index (χ3n) is 5.77. The van der Waals surface area contributed by atoms with E-state index >= 15 is 0 Å². The first kappa shape index (κ1) is 33.5. The smallest absolute Gasteiger partial charge is 0.344 e. The van der Waals surface area contributed by atoms with E-state index in [1.807, 2.05) is 0 Å². The van der Waals surface area contributed by atoms with E-state index in [4.69, 9.17) is 35.3 Å². The van der Waals surface area contributed by atoms with Crippen molar-refractivity contribution in [1.82, 2.24) is 16.1 Å². The molecule has 0 saturated heterocycles. The van der Waals surface area contributed by atoms with Gasteiger partial charge in [0.25, 0.3) is 0 Å². The second-order valence-corrected chi connectivity index (χ2v) is 10.1. The number of hydrazone groups is 1. The number of urea groups is 1. The molecular weight excluding hydrogens is 652 g/mol. The maximum atomic E-state index is 12.4. The molecule has 0 aromatic heterocycles. The van der Waals surface area contributed by atoms with E-state index in [2.05, 4.69) is 37.1 Å². The van der Waals surface area contributed by atoms with Gasteiger partial charge in [-0.15, -0.1) is 0 Å². The van der Waals surface area contributed by atoms with Crippen LogP contribution in [-0.4, -0.2) is 69.1 Å². The van der Waals surface area contributed by atoms with Crippen LogP contribution < -0.4 is 30.3 Å². The number of aliphatic hydroxyl groups is 1. The van der Waals surface area contributed by atoms with Gasteiger partial charge < -0.3 is 39.4 Å². The van der Waals surface area contributed by atoms with Gasteiger partial charge in [0.2, 0.25) is 0 Å². The highest BCUT2D eigenvalue weighted by Crippen LogP contribution is 2.35. The van der Waals surface area contributed by atoms with Gasteiger partial charge in [-0.1, -0.05) is 17.7 Å². The van der Waals surface area contributed by atoms with E-state index in [-0.39, 0.29) is 36.2 Å². The van der Waals surface area contributed by atoms with E-state index in [1.165, 1.54) is 13.3 Å². The lowest BCUT2D eigenvalue weighted by molar-refractivity contribution is -0.145. The van der Waals surface area contributed by atoms with Crippen LogP contribution in [0.25, 0.3) is 0 Å². The summed E-state index contributed by atoms with van der Waals surface area (Å²) in [6.07, 6.45) is 0.230. The van der Waals surface area contributed by atoms with Gasteiger partial charge in [-0.25, -0.2) is 14.4 Å². The molecule has 0 unspecified atom stereocenters. The Kier molecular flexibility index (Phi) is 12.5. The molecule has 0 bridgehead atoms. The van der Waals surface area contributed by atoms with E-state index < -0.39 is 30.2 Å². The summed E-state index contributed by atoms with van der Waals surface area (Å²) in [5.74, 6) is -0.160. The van der Waals surface area contributed by atoms with Crippen molar-refractivity contribution >= 4 is 51.7 Å². The molecule has 43 heavy (non-hydrogen) atoms. The van der Waals surface area contributed by atoms with Crippen molar-refractivity contribution in [3.05, 3.63) is 62.2 Å². The number of hydrogen-bond donors (Lipinski definition) is 4. The molecule has 1 aliphatic heterocycles. The highest BCUT2D eigenvalue weighted by Gasteiger charge is 2.32. The van der Waals surface area contributed by atoms with Gasteiger partial charge in [-0.05, 0) is 72.1 Å². The molecular formula is C28H32BrClN4O9. The zero-order chi connectivity index (χ0) is 31.5. The number of rotatable bonds is 14. The van der Waals surface area contributed by atoms with Gasteiger partial charge in [0, 0.05) is 5.70 Å². The Bertz CT molecular complexity index is 1380. The fourth-order valence-electron chi connectivity index (χ4n) is 3.95. The topological polar surface area (TPSA) is 166 Å². The standard InChI is InChI=1S/C28H32BrClN4O9/c1-5-40-21-11-17(25-24(27(37)39-4)15(3)32-28(38)33-25)7-8-20(21)42-13-22(35)34-31-12-16-9-18(29)26(19(30)10-16)43-14-23(36)41-6-2/h7-12,22,25,34-35H,5-6,13-14H2,1-4H3,(H2,32,33,38)/b31-12-/t22-,25+/m0/s1. The molecule has 0 aliphatic carbocycles. The predicted molar refractivity (Wildman–Crippen MR) is 160 cm³/mol. The average Bonchev–Trinajstić information content (AvgIpc) is 2.95. The van der Waals surface area contributed by atoms with Crippen molar-refractivity contribution in [1.29, 1.82) is 0 Å². The van der Waals surface area contributed by atoms with Crippen LogP contribution in [0, 0.1) is 0 Å². The lowest BCUT2D eigenvalue weighted by atomic mass is 9.95. The van der Waals surface area contributed by atoms with Gasteiger partial charge in [-0.3, -0.25) is 5.43 Å². The molecule has 0 saturated carbocycles. The number of nitrogens with one attached hydrogen (secondary N) is 3. The van der Waals surface area contributed by atoms with Crippen molar-refractivity contribution in [2.24, 2.45) is 5.10 Å². The maximum absolute atomic E-state index is 12.4. The number of aliphatic hydroxyl groups excluding tert-OH is 1. The van der Waals surface area contributed by atoms with E-state index in [0.717, 1.165) is 0 Å². The fraction of sp³-hybridized carbons (Fsp3) is 0.357. The molecule has 1 heterocycles. The second-order valence-electron chi connectivity index (χ2n) is 8.82. The van der Waals surface area contributed by atoms with Crippen LogP contribution in [0.4, 0.5) is 4.79 Å². The number of ether oxygens (including phenoxy) is 5. The van der Waals surface area contributed by atoms with Crippen molar-refractivity contribution in [3.8, 4) is 17.2 Å². The molecule has 2 aromatic rings. The third-order valence-corrected chi connectivity index (χ3v) is 6.64. The number of benzene rings is 2. The number of amides is 2. The molecule has 1 aliphatic rings. The molecule has 0 radical (unpaired) electrons. The Morgan fingerprint density at radius 2 is 1.93 bits per heavy atom. The normalized spacial score (nSPS) is 15.3. The molecule has 3 rings (SSSR count). The van der Waals surface area contributed by atoms with Crippen LogP contribution in [0.3, 0.4) is 0 Å². The van der Waals surface area contributed by atoms with Gasteiger partial charge in [0.15, 0.2) is 30.1 Å². The molecule has 2 atom stereocenters. The number of methoxy groups -OCH3 is 1. The monoisotopic (exact) mass is 682 g/mol. The number of nitrogens with zero attached hydrogens (tertiary/aromatic N) is 1. The van der Waals surface area contributed by atoms with Gasteiger partial charge >= 0.3 is 18.0 Å². The van der Waals surface area contributed by atoms with Crippen LogP contribution in [0.15, 0.2) is 51.2 Å². The van der Waals surface area contributed by atoms with Crippen molar-refractivity contribution < 1.29 is 43.2 Å². The highest BCUT2D eigenvalue weighted by atomic mass is 79.9. The number of allylic oxidation sites excluding steroid dienone is 1. The summed E-state index contributed by atoms with van der Waals surface area (Å²) in [7, 11) is 1.26. The second kappa shape index (κ2) is 16.0. The van der Waals surface area contributed by atoms with Crippen molar-refractivity contribution in [2.45, 2.75) is 33.0 Å². The molecule has 0 fully saturated rings. The van der Waals surface area contributed by atoms with Crippen LogP contribution >= 0.6 is 27.5 Å². The largest absolute Gasteiger partial charge is 0.490 e. The Morgan fingerprint density at radius 1 is 1.16 bits per heavy atom. The summed E-state index contributed by atoms with van der Waals surface area (Å²) < 4.78 is 27.1. The summed E-state index contributed by atoms with van der Waals surface area (Å²) >= 11 is 9.64. The number of esters is 2. The van der Waals surface area contributed by atoms with Gasteiger partial charge in [-0.2, -0.15) is 5.10 Å². The molecule has 232 valence electrons. The van der Waals surface area contributed by atoms with Crippen LogP contribution in [0.2, 0.25) is 5.02 Å². The minimum Gasteiger partial charge on any atom is -0.490 e. The third kappa shape index (κ3) is 9.24. The molecule has 13 nitrogen and oxygen atoms in total. The van der Waals surface area contributed by atoms with Crippen molar-refractivity contribution in [2.75, 3.05) is 33.5 Å². The predicted octanol–water partition coefficient (Wildman–Crippen LogP) is 3.56. The number of carbonyl (C=O) groups is 3. The summed E-state index contributed by atoms with van der Waals surface area (Å²) in [6, 6.07) is 6.93. The molecule has 4 N–H and O–H groups in total. The van der Waals surface area contributed by atoms with E-state index in [9.17, 15) is 19.5 Å². The van der Waals surface area contributed by atoms with Crippen LogP contribution in [-0.2, 0) is 19.1 Å². The first-order chi connectivity index (χ1) is 20.6. The summed E-state index contributed by atoms with van der Waals surface area (Å²) in [6.45, 7) is 5.17.